The Morgan fingerprint density at radius 2 is 2.21 bits per heavy atom. The third-order valence-electron chi connectivity index (χ3n) is 3.51. The van der Waals surface area contributed by atoms with Crippen LogP contribution in [0.25, 0.3) is 5.65 Å². The third-order valence-corrected chi connectivity index (χ3v) is 4.88. The Bertz CT molecular complexity index is 592. The summed E-state index contributed by atoms with van der Waals surface area (Å²) in [5.41, 5.74) is 6.78. The summed E-state index contributed by atoms with van der Waals surface area (Å²) >= 11 is 2.02. The molecule has 2 aromatic rings. The molecule has 6 heteroatoms. The van der Waals surface area contributed by atoms with Crippen LogP contribution in [0.15, 0.2) is 18.6 Å². The van der Waals surface area contributed by atoms with Crippen LogP contribution in [0.5, 0.6) is 0 Å². The summed E-state index contributed by atoms with van der Waals surface area (Å²) in [7, 11) is 0. The number of nitrogens with zero attached hydrogens (tertiary/aromatic N) is 4. The normalized spacial score (nSPS) is 19.6. The maximum absolute atomic E-state index is 5.89. The topological polar surface area (TPSA) is 59.5 Å². The fourth-order valence-electron chi connectivity index (χ4n) is 2.38. The number of fused-ring (bicyclic) bond motifs is 1. The zero-order chi connectivity index (χ0) is 13.5. The fourth-order valence-corrected chi connectivity index (χ4v) is 3.48. The minimum Gasteiger partial charge on any atom is -0.382 e. The Balaban J connectivity index is 1.97. The number of rotatable bonds is 1. The van der Waals surface area contributed by atoms with Crippen molar-refractivity contribution in [3.8, 4) is 0 Å². The first-order valence-electron chi connectivity index (χ1n) is 6.53. The van der Waals surface area contributed by atoms with Gasteiger partial charge in [0.1, 0.15) is 5.82 Å². The highest BCUT2D eigenvalue weighted by atomic mass is 32.2. The standard InChI is InChI=1S/C13H19N5S/c1-13(2)3-5-17(7-8-19-13)12-11-15-4-6-18(11)9-10(14)16-12/h4,6,9H,3,5,7-8,14H2,1-2H3. The van der Waals surface area contributed by atoms with Crippen molar-refractivity contribution < 1.29 is 0 Å². The zero-order valence-corrected chi connectivity index (χ0v) is 12.2. The number of thioether (sulfide) groups is 1. The van der Waals surface area contributed by atoms with E-state index >= 15 is 0 Å². The largest absolute Gasteiger partial charge is 0.382 e. The maximum atomic E-state index is 5.89. The maximum Gasteiger partial charge on any atom is 0.180 e. The zero-order valence-electron chi connectivity index (χ0n) is 11.3. The van der Waals surface area contributed by atoms with Crippen LogP contribution in [0.2, 0.25) is 0 Å². The van der Waals surface area contributed by atoms with Crippen LogP contribution in [0.3, 0.4) is 0 Å². The molecule has 0 aliphatic carbocycles. The highest BCUT2D eigenvalue weighted by Crippen LogP contribution is 2.32. The Hall–Kier alpha value is -1.43. The van der Waals surface area contributed by atoms with E-state index in [0.717, 1.165) is 36.7 Å². The molecule has 0 aromatic carbocycles. The smallest absolute Gasteiger partial charge is 0.180 e. The first kappa shape index (κ1) is 12.6. The summed E-state index contributed by atoms with van der Waals surface area (Å²) in [4.78, 5) is 11.2. The molecule has 1 aliphatic rings. The summed E-state index contributed by atoms with van der Waals surface area (Å²) in [6, 6.07) is 0. The van der Waals surface area contributed by atoms with Crippen molar-refractivity contribution in [2.75, 3.05) is 29.5 Å². The van der Waals surface area contributed by atoms with Crippen molar-refractivity contribution >= 4 is 29.0 Å². The highest BCUT2D eigenvalue weighted by molar-refractivity contribution is 8.00. The van der Waals surface area contributed by atoms with Gasteiger partial charge in [-0.15, -0.1) is 0 Å². The van der Waals surface area contributed by atoms with Gasteiger partial charge < -0.3 is 15.0 Å². The molecule has 0 amide bonds. The number of hydrogen-bond acceptors (Lipinski definition) is 5. The molecule has 1 aliphatic heterocycles. The second-order valence-electron chi connectivity index (χ2n) is 5.49. The first-order chi connectivity index (χ1) is 9.05. The Kier molecular flexibility index (Phi) is 3.05. The van der Waals surface area contributed by atoms with E-state index in [9.17, 15) is 0 Å². The van der Waals surface area contributed by atoms with Crippen molar-refractivity contribution in [1.29, 1.82) is 0 Å². The molecule has 0 saturated carbocycles. The molecule has 5 nitrogen and oxygen atoms in total. The SMILES string of the molecule is CC1(C)CCN(c2nc(N)cn3ccnc23)CCS1. The van der Waals surface area contributed by atoms with Crippen molar-refractivity contribution in [2.45, 2.75) is 25.0 Å². The van der Waals surface area contributed by atoms with E-state index in [4.69, 9.17) is 5.73 Å². The molecule has 0 spiro atoms. The Morgan fingerprint density at radius 1 is 1.37 bits per heavy atom. The van der Waals surface area contributed by atoms with Crippen LogP contribution in [-0.4, -0.2) is 38.0 Å². The van der Waals surface area contributed by atoms with E-state index < -0.39 is 0 Å². The van der Waals surface area contributed by atoms with Crippen LogP contribution in [0.1, 0.15) is 20.3 Å². The summed E-state index contributed by atoms with van der Waals surface area (Å²) in [6.45, 7) is 6.60. The van der Waals surface area contributed by atoms with Crippen molar-refractivity contribution in [1.82, 2.24) is 14.4 Å². The van der Waals surface area contributed by atoms with Gasteiger partial charge in [0.15, 0.2) is 11.5 Å². The van der Waals surface area contributed by atoms with Crippen LogP contribution in [-0.2, 0) is 0 Å². The molecule has 1 saturated heterocycles. The number of hydrogen-bond donors (Lipinski definition) is 1. The predicted octanol–water partition coefficient (Wildman–Crippen LogP) is 2.03. The molecular formula is C13H19N5S. The fraction of sp³-hybridized carbons (Fsp3) is 0.538. The van der Waals surface area contributed by atoms with Crippen LogP contribution in [0.4, 0.5) is 11.6 Å². The average molecular weight is 277 g/mol. The van der Waals surface area contributed by atoms with Gasteiger partial charge in [-0.2, -0.15) is 11.8 Å². The molecule has 3 heterocycles. The van der Waals surface area contributed by atoms with Gasteiger partial charge in [-0.05, 0) is 6.42 Å². The lowest BCUT2D eigenvalue weighted by Gasteiger charge is -2.23. The minimum atomic E-state index is 0.334. The lowest BCUT2D eigenvalue weighted by Crippen LogP contribution is -2.28. The number of anilines is 2. The molecule has 2 aromatic heterocycles. The molecule has 0 bridgehead atoms. The summed E-state index contributed by atoms with van der Waals surface area (Å²) in [5, 5.41) is 0. The molecule has 0 atom stereocenters. The van der Waals surface area contributed by atoms with E-state index in [2.05, 4.69) is 28.7 Å². The minimum absolute atomic E-state index is 0.334. The number of nitrogen functional groups attached to an aromatic ring is 1. The van der Waals surface area contributed by atoms with Gasteiger partial charge >= 0.3 is 0 Å². The average Bonchev–Trinajstić information content (AvgIpc) is 2.72. The van der Waals surface area contributed by atoms with E-state index in [1.165, 1.54) is 0 Å². The van der Waals surface area contributed by atoms with Gasteiger partial charge in [-0.1, -0.05) is 13.8 Å². The van der Waals surface area contributed by atoms with E-state index in [0.29, 0.717) is 10.6 Å². The molecule has 19 heavy (non-hydrogen) atoms. The van der Waals surface area contributed by atoms with Gasteiger partial charge in [-0.3, -0.25) is 0 Å². The van der Waals surface area contributed by atoms with E-state index in [1.807, 2.05) is 28.6 Å². The van der Waals surface area contributed by atoms with Crippen LogP contribution in [0, 0.1) is 0 Å². The third kappa shape index (κ3) is 2.49. The quantitative estimate of drug-likeness (QED) is 0.864. The van der Waals surface area contributed by atoms with Gasteiger partial charge in [0, 0.05) is 36.0 Å². The Morgan fingerprint density at radius 3 is 3.05 bits per heavy atom. The molecule has 0 unspecified atom stereocenters. The molecule has 102 valence electrons. The van der Waals surface area contributed by atoms with E-state index in [1.54, 1.807) is 6.20 Å². The summed E-state index contributed by atoms with van der Waals surface area (Å²) in [6.07, 6.45) is 6.65. The van der Waals surface area contributed by atoms with Crippen molar-refractivity contribution in [2.24, 2.45) is 0 Å². The van der Waals surface area contributed by atoms with Crippen molar-refractivity contribution in [3.63, 3.8) is 0 Å². The molecule has 0 radical (unpaired) electrons. The van der Waals surface area contributed by atoms with Gasteiger partial charge in [0.25, 0.3) is 0 Å². The van der Waals surface area contributed by atoms with E-state index in [-0.39, 0.29) is 0 Å². The lowest BCUT2D eigenvalue weighted by atomic mass is 10.1. The monoisotopic (exact) mass is 277 g/mol. The molecular weight excluding hydrogens is 258 g/mol. The van der Waals surface area contributed by atoms with Crippen LogP contribution >= 0.6 is 11.8 Å². The Labute approximate surface area is 117 Å². The van der Waals surface area contributed by atoms with Crippen molar-refractivity contribution in [3.05, 3.63) is 18.6 Å². The summed E-state index contributed by atoms with van der Waals surface area (Å²) in [5.74, 6) is 2.55. The van der Waals surface area contributed by atoms with Gasteiger partial charge in [0.05, 0.1) is 6.20 Å². The van der Waals surface area contributed by atoms with Crippen LogP contribution < -0.4 is 10.6 Å². The first-order valence-corrected chi connectivity index (χ1v) is 7.52. The number of aromatic nitrogens is 3. The number of nitrogens with two attached hydrogens (primary N) is 1. The number of imidazole rings is 1. The highest BCUT2D eigenvalue weighted by Gasteiger charge is 2.25. The predicted molar refractivity (Wildman–Crippen MR) is 80.8 cm³/mol. The molecule has 3 rings (SSSR count). The lowest BCUT2D eigenvalue weighted by molar-refractivity contribution is 0.635. The molecule has 2 N–H and O–H groups in total. The van der Waals surface area contributed by atoms with Gasteiger partial charge in [0.2, 0.25) is 0 Å². The second kappa shape index (κ2) is 4.59. The second-order valence-corrected chi connectivity index (χ2v) is 7.29. The molecule has 1 fully saturated rings. The van der Waals surface area contributed by atoms with Gasteiger partial charge in [-0.25, -0.2) is 9.97 Å². The summed E-state index contributed by atoms with van der Waals surface area (Å²) < 4.78 is 2.28.